The molecule has 0 aliphatic heterocycles. The molecule has 0 atom stereocenters. The molecule has 3 N–H and O–H groups in total. The first-order chi connectivity index (χ1) is 10.3. The minimum absolute atomic E-state index is 0.175. The van der Waals surface area contributed by atoms with Crippen molar-refractivity contribution in [1.29, 1.82) is 0 Å². The topological polar surface area (TPSA) is 72.9 Å². The number of aryl methyl sites for hydroxylation is 1. The highest BCUT2D eigenvalue weighted by Gasteiger charge is 2.36. The molecule has 1 aliphatic rings. The molecular formula is C16H28N4O. The number of imidazole rings is 1. The number of hydrogen-bond acceptors (Lipinski definition) is 3. The van der Waals surface area contributed by atoms with Gasteiger partial charge in [0.1, 0.15) is 0 Å². The molecule has 0 unspecified atom stereocenters. The zero-order valence-corrected chi connectivity index (χ0v) is 12.9. The Labute approximate surface area is 127 Å². The molecule has 21 heavy (non-hydrogen) atoms. The summed E-state index contributed by atoms with van der Waals surface area (Å²) in [5.41, 5.74) is 5.63. The minimum Gasteiger partial charge on any atom is -0.356 e. The Morgan fingerprint density at radius 2 is 2.00 bits per heavy atom. The molecule has 1 fully saturated rings. The van der Waals surface area contributed by atoms with Crippen molar-refractivity contribution in [1.82, 2.24) is 14.9 Å². The molecule has 1 aliphatic carbocycles. The third kappa shape index (κ3) is 4.56. The van der Waals surface area contributed by atoms with Gasteiger partial charge in [0.25, 0.3) is 0 Å². The average molecular weight is 292 g/mol. The van der Waals surface area contributed by atoms with Crippen molar-refractivity contribution in [2.45, 2.75) is 57.9 Å². The van der Waals surface area contributed by atoms with Gasteiger partial charge in [-0.05, 0) is 25.7 Å². The summed E-state index contributed by atoms with van der Waals surface area (Å²) in [6.45, 7) is 2.18. The second-order valence-electron chi connectivity index (χ2n) is 6.16. The summed E-state index contributed by atoms with van der Waals surface area (Å²) in [6, 6.07) is 0. The van der Waals surface area contributed by atoms with E-state index in [0.29, 0.717) is 6.54 Å². The van der Waals surface area contributed by atoms with Crippen LogP contribution in [0.15, 0.2) is 18.7 Å². The van der Waals surface area contributed by atoms with E-state index in [1.54, 1.807) is 6.20 Å². The van der Waals surface area contributed by atoms with Gasteiger partial charge in [-0.3, -0.25) is 4.79 Å². The SMILES string of the molecule is NCC1(C(=O)NCCCCn2ccnc2)CCCCCC1. The van der Waals surface area contributed by atoms with Gasteiger partial charge in [0.15, 0.2) is 0 Å². The van der Waals surface area contributed by atoms with Crippen LogP contribution in [0.1, 0.15) is 51.4 Å². The maximum absolute atomic E-state index is 12.5. The minimum atomic E-state index is -0.305. The number of carbonyl (C=O) groups excluding carboxylic acids is 1. The Morgan fingerprint density at radius 3 is 2.62 bits per heavy atom. The van der Waals surface area contributed by atoms with Crippen LogP contribution in [-0.2, 0) is 11.3 Å². The molecule has 118 valence electrons. The predicted octanol–water partition coefficient (Wildman–Crippen LogP) is 2.08. The smallest absolute Gasteiger partial charge is 0.227 e. The molecule has 0 spiro atoms. The maximum Gasteiger partial charge on any atom is 0.227 e. The third-order valence-electron chi connectivity index (χ3n) is 4.62. The van der Waals surface area contributed by atoms with E-state index < -0.39 is 0 Å². The van der Waals surface area contributed by atoms with Crippen LogP contribution in [0, 0.1) is 5.41 Å². The van der Waals surface area contributed by atoms with Crippen LogP contribution in [0.5, 0.6) is 0 Å². The first-order valence-corrected chi connectivity index (χ1v) is 8.21. The number of hydrogen-bond donors (Lipinski definition) is 2. The molecule has 2 rings (SSSR count). The number of aromatic nitrogens is 2. The Balaban J connectivity index is 1.69. The van der Waals surface area contributed by atoms with E-state index >= 15 is 0 Å². The monoisotopic (exact) mass is 292 g/mol. The summed E-state index contributed by atoms with van der Waals surface area (Å²) in [4.78, 5) is 16.5. The molecule has 1 aromatic rings. The molecule has 1 saturated carbocycles. The van der Waals surface area contributed by atoms with Gasteiger partial charge in [0.05, 0.1) is 11.7 Å². The summed E-state index contributed by atoms with van der Waals surface area (Å²) >= 11 is 0. The fraction of sp³-hybridized carbons (Fsp3) is 0.750. The highest BCUT2D eigenvalue weighted by Crippen LogP contribution is 2.34. The highest BCUT2D eigenvalue weighted by molar-refractivity contribution is 5.82. The number of nitrogens with zero attached hydrogens (tertiary/aromatic N) is 2. The Hall–Kier alpha value is -1.36. The van der Waals surface area contributed by atoms with Gasteiger partial charge in [-0.25, -0.2) is 4.98 Å². The Morgan fingerprint density at radius 1 is 1.24 bits per heavy atom. The summed E-state index contributed by atoms with van der Waals surface area (Å²) in [5.74, 6) is 0.175. The van der Waals surface area contributed by atoms with E-state index in [1.165, 1.54) is 12.8 Å². The van der Waals surface area contributed by atoms with Gasteiger partial charge in [-0.2, -0.15) is 0 Å². The summed E-state index contributed by atoms with van der Waals surface area (Å²) in [5, 5.41) is 3.11. The highest BCUT2D eigenvalue weighted by atomic mass is 16.2. The van der Waals surface area contributed by atoms with Crippen molar-refractivity contribution in [3.8, 4) is 0 Å². The lowest BCUT2D eigenvalue weighted by atomic mass is 9.79. The second kappa shape index (κ2) is 8.17. The van der Waals surface area contributed by atoms with Gasteiger partial charge in [-0.1, -0.05) is 25.7 Å². The summed E-state index contributed by atoms with van der Waals surface area (Å²) in [6.07, 6.45) is 14.3. The molecule has 0 bridgehead atoms. The van der Waals surface area contributed by atoms with E-state index in [1.807, 2.05) is 12.5 Å². The molecule has 5 heteroatoms. The lowest BCUT2D eigenvalue weighted by molar-refractivity contribution is -0.131. The van der Waals surface area contributed by atoms with Gasteiger partial charge < -0.3 is 15.6 Å². The average Bonchev–Trinajstić information content (AvgIpc) is 2.89. The molecule has 0 aromatic carbocycles. The standard InChI is InChI=1S/C16H28N4O/c17-13-16(7-3-1-2-4-8-16)15(21)19-9-5-6-11-20-12-10-18-14-20/h10,12,14H,1-9,11,13,17H2,(H,19,21). The molecule has 1 heterocycles. The van der Waals surface area contributed by atoms with Crippen molar-refractivity contribution in [3.05, 3.63) is 18.7 Å². The van der Waals surface area contributed by atoms with Crippen LogP contribution < -0.4 is 11.1 Å². The number of rotatable bonds is 7. The van der Waals surface area contributed by atoms with E-state index in [4.69, 9.17) is 5.73 Å². The molecule has 5 nitrogen and oxygen atoms in total. The van der Waals surface area contributed by atoms with Gasteiger partial charge in [0, 0.05) is 32.0 Å². The summed E-state index contributed by atoms with van der Waals surface area (Å²) < 4.78 is 2.06. The van der Waals surface area contributed by atoms with Crippen LogP contribution in [-0.4, -0.2) is 28.5 Å². The Kier molecular flexibility index (Phi) is 6.23. The first-order valence-electron chi connectivity index (χ1n) is 8.21. The normalized spacial score (nSPS) is 18.1. The molecular weight excluding hydrogens is 264 g/mol. The Bertz CT molecular complexity index is 408. The predicted molar refractivity (Wildman–Crippen MR) is 83.7 cm³/mol. The quantitative estimate of drug-likeness (QED) is 0.597. The molecule has 0 saturated heterocycles. The molecule has 0 radical (unpaired) electrons. The first kappa shape index (κ1) is 16.0. The van der Waals surface area contributed by atoms with E-state index in [0.717, 1.165) is 51.6 Å². The van der Waals surface area contributed by atoms with Crippen LogP contribution in [0.3, 0.4) is 0 Å². The van der Waals surface area contributed by atoms with Gasteiger partial charge in [0.2, 0.25) is 5.91 Å². The lowest BCUT2D eigenvalue weighted by Gasteiger charge is -2.29. The fourth-order valence-electron chi connectivity index (χ4n) is 3.16. The maximum atomic E-state index is 12.5. The molecule has 1 aromatic heterocycles. The zero-order chi connectivity index (χ0) is 15.0. The molecule has 1 amide bonds. The van der Waals surface area contributed by atoms with Crippen molar-refractivity contribution in [3.63, 3.8) is 0 Å². The van der Waals surface area contributed by atoms with E-state index in [9.17, 15) is 4.79 Å². The summed E-state index contributed by atoms with van der Waals surface area (Å²) in [7, 11) is 0. The van der Waals surface area contributed by atoms with Crippen molar-refractivity contribution < 1.29 is 4.79 Å². The van der Waals surface area contributed by atoms with E-state index in [-0.39, 0.29) is 11.3 Å². The van der Waals surface area contributed by atoms with Crippen LogP contribution >= 0.6 is 0 Å². The van der Waals surface area contributed by atoms with Crippen molar-refractivity contribution in [2.75, 3.05) is 13.1 Å². The van der Waals surface area contributed by atoms with Crippen LogP contribution in [0.2, 0.25) is 0 Å². The van der Waals surface area contributed by atoms with Gasteiger partial charge in [-0.15, -0.1) is 0 Å². The third-order valence-corrected chi connectivity index (χ3v) is 4.62. The van der Waals surface area contributed by atoms with Crippen LogP contribution in [0.25, 0.3) is 0 Å². The number of nitrogens with one attached hydrogen (secondary N) is 1. The fourth-order valence-corrected chi connectivity index (χ4v) is 3.16. The number of nitrogens with two attached hydrogens (primary N) is 1. The van der Waals surface area contributed by atoms with Crippen LogP contribution in [0.4, 0.5) is 0 Å². The van der Waals surface area contributed by atoms with E-state index in [2.05, 4.69) is 14.9 Å². The largest absolute Gasteiger partial charge is 0.356 e. The number of unbranched alkanes of at least 4 members (excludes halogenated alkanes) is 1. The number of amides is 1. The van der Waals surface area contributed by atoms with Gasteiger partial charge >= 0.3 is 0 Å². The van der Waals surface area contributed by atoms with Crippen molar-refractivity contribution >= 4 is 5.91 Å². The second-order valence-corrected chi connectivity index (χ2v) is 6.16. The number of carbonyl (C=O) groups is 1. The zero-order valence-electron chi connectivity index (χ0n) is 12.9. The van der Waals surface area contributed by atoms with Crippen molar-refractivity contribution in [2.24, 2.45) is 11.1 Å². The lowest BCUT2D eigenvalue weighted by Crippen LogP contribution is -2.46.